The number of allylic oxidation sites excluding steroid dienone is 12. The lowest BCUT2D eigenvalue weighted by Crippen LogP contribution is -2.17. The van der Waals surface area contributed by atoms with E-state index in [1.165, 1.54) is 22.3 Å². The van der Waals surface area contributed by atoms with Crippen molar-refractivity contribution < 1.29 is 0 Å². The van der Waals surface area contributed by atoms with Gasteiger partial charge in [-0.1, -0.05) is 195 Å². The Bertz CT molecular complexity index is 2940. The average molecular weight is 1150 g/mol. The maximum absolute atomic E-state index is 5.62. The topological polar surface area (TPSA) is 49.4 Å². The second kappa shape index (κ2) is 17.7. The predicted octanol–water partition coefficient (Wildman–Crippen LogP) is 17.9. The highest BCUT2D eigenvalue weighted by molar-refractivity contribution is 9.11. The fourth-order valence-corrected chi connectivity index (χ4v) is 11.7. The molecule has 0 spiro atoms. The van der Waals surface area contributed by atoms with Crippen LogP contribution in [-0.2, 0) is 21.7 Å². The average Bonchev–Trinajstić information content (AvgIpc) is 4.09. The minimum Gasteiger partial charge on any atom is -0.248 e. The summed E-state index contributed by atoms with van der Waals surface area (Å²) in [5.74, 6) is 0. The molecule has 344 valence electrons. The molecule has 0 fully saturated rings. The molecule has 0 amide bonds. The number of aliphatic imine (C=N–C) groups is 4. The van der Waals surface area contributed by atoms with Gasteiger partial charge in [-0.05, 0) is 128 Å². The summed E-state index contributed by atoms with van der Waals surface area (Å²) < 4.78 is 3.74. The van der Waals surface area contributed by atoms with Crippen LogP contribution in [-0.4, -0.2) is 22.8 Å². The van der Waals surface area contributed by atoms with Crippen molar-refractivity contribution in [1.29, 1.82) is 0 Å². The quantitative estimate of drug-likeness (QED) is 0.196. The van der Waals surface area contributed by atoms with Crippen LogP contribution in [0.2, 0.25) is 0 Å². The molecule has 0 unspecified atom stereocenters. The minimum atomic E-state index is -0.107. The van der Waals surface area contributed by atoms with Gasteiger partial charge in [0, 0.05) is 51.3 Å². The molecule has 0 atom stereocenters. The Labute approximate surface area is 436 Å². The van der Waals surface area contributed by atoms with Gasteiger partial charge >= 0.3 is 0 Å². The first-order valence-corrected chi connectivity index (χ1v) is 26.3. The van der Waals surface area contributed by atoms with E-state index in [-0.39, 0.29) is 21.7 Å². The van der Waals surface area contributed by atoms with Crippen LogP contribution in [0.15, 0.2) is 182 Å². The van der Waals surface area contributed by atoms with Crippen LogP contribution in [0.4, 0.5) is 0 Å². The first-order valence-electron chi connectivity index (χ1n) is 23.1. The molecule has 5 aliphatic heterocycles. The first-order chi connectivity index (χ1) is 31.9. The molecule has 0 aliphatic carbocycles. The van der Waals surface area contributed by atoms with Crippen molar-refractivity contribution in [2.24, 2.45) is 20.0 Å². The van der Waals surface area contributed by atoms with Crippen molar-refractivity contribution in [2.75, 3.05) is 0 Å². The summed E-state index contributed by atoms with van der Waals surface area (Å²) >= 11 is 15.8. The highest BCUT2D eigenvalue weighted by Gasteiger charge is 2.32. The van der Waals surface area contributed by atoms with Crippen LogP contribution >= 0.6 is 63.7 Å². The van der Waals surface area contributed by atoms with Gasteiger partial charge in [-0.3, -0.25) is 0 Å². The van der Waals surface area contributed by atoms with Crippen molar-refractivity contribution in [3.63, 3.8) is 0 Å². The molecule has 5 heterocycles. The van der Waals surface area contributed by atoms with Crippen LogP contribution < -0.4 is 0 Å². The summed E-state index contributed by atoms with van der Waals surface area (Å²) in [6.45, 7) is 27.4. The fraction of sp³-hybridized carbons (Fsp3) is 0.267. The van der Waals surface area contributed by atoms with E-state index in [0.717, 1.165) is 108 Å². The Balaban J connectivity index is 1.44. The lowest BCUT2D eigenvalue weighted by atomic mass is 9.78. The summed E-state index contributed by atoms with van der Waals surface area (Å²) in [4.78, 5) is 22.5. The molecule has 8 heteroatoms. The molecule has 0 aromatic heterocycles. The Morgan fingerprint density at radius 1 is 0.309 bits per heavy atom. The monoisotopic (exact) mass is 1150 g/mol. The number of hydrogen-bond acceptors (Lipinski definition) is 4. The zero-order valence-electron chi connectivity index (χ0n) is 40.8. The Morgan fingerprint density at radius 2 is 0.544 bits per heavy atom. The zero-order chi connectivity index (χ0) is 48.8. The second-order valence-electron chi connectivity index (χ2n) is 22.2. The third-order valence-electron chi connectivity index (χ3n) is 12.9. The van der Waals surface area contributed by atoms with Crippen LogP contribution in [0.25, 0.3) is 22.3 Å². The molecular formula is C60H56Br4N4. The molecule has 0 radical (unpaired) electrons. The van der Waals surface area contributed by atoms with E-state index in [1.54, 1.807) is 0 Å². The lowest BCUT2D eigenvalue weighted by molar-refractivity contribution is 0.567. The van der Waals surface area contributed by atoms with Gasteiger partial charge in [0.15, 0.2) is 0 Å². The Kier molecular flexibility index (Phi) is 12.6. The molecule has 0 N–H and O–H groups in total. The van der Waals surface area contributed by atoms with E-state index in [2.05, 4.69) is 256 Å². The SMILES string of the molecule is CC(C)(C)c1cc(C2=C3C=CC(=N3)C(c3c(Br)cccc3Br)=C3C=CC(=N3)C(c3cc(C(C)(C)C)cc(C(C)(C)C)c3)=C3C=CC(=N3)C(c3c(Br)cccc3Br)=C3C=CC2=N3)cc(C(C)(C)C)c1. The lowest BCUT2D eigenvalue weighted by Gasteiger charge is -2.27. The van der Waals surface area contributed by atoms with E-state index in [0.29, 0.717) is 0 Å². The van der Waals surface area contributed by atoms with E-state index in [1.807, 2.05) is 12.1 Å². The number of rotatable bonds is 4. The summed E-state index contributed by atoms with van der Waals surface area (Å²) in [6.07, 6.45) is 17.1. The standard InChI is InChI=1S/C60H56Br4N4/c1-57(2,3)35-27-33(28-36(31-35)58(4,5)6)51-43-19-23-47(65-43)55(53-39(61)15-13-16-40(53)62)49-25-21-45(67-49)52(34-29-37(59(7,8)9)32-38(30-34)60(10,11)12)46-22-26-50(68-46)56(48-24-20-44(51)66-48)54-41(63)17-14-18-42(54)64/h13-32H,1-12H3. The molecule has 0 saturated carbocycles. The van der Waals surface area contributed by atoms with E-state index >= 15 is 0 Å². The highest BCUT2D eigenvalue weighted by atomic mass is 79.9. The normalized spacial score (nSPS) is 17.3. The number of benzene rings is 4. The highest BCUT2D eigenvalue weighted by Crippen LogP contribution is 2.45. The third-order valence-corrected chi connectivity index (χ3v) is 15.6. The van der Waals surface area contributed by atoms with Crippen LogP contribution in [0.3, 0.4) is 0 Å². The Hall–Kier alpha value is -4.60. The second-order valence-corrected chi connectivity index (χ2v) is 25.6. The maximum Gasteiger partial charge on any atom is 0.0738 e. The number of fused-ring (bicyclic) bond motifs is 4. The van der Waals surface area contributed by atoms with Gasteiger partial charge in [0.25, 0.3) is 0 Å². The van der Waals surface area contributed by atoms with Gasteiger partial charge in [-0.15, -0.1) is 0 Å². The van der Waals surface area contributed by atoms with E-state index in [4.69, 9.17) is 20.0 Å². The van der Waals surface area contributed by atoms with Crippen LogP contribution in [0.5, 0.6) is 0 Å². The van der Waals surface area contributed by atoms with Crippen LogP contribution in [0.1, 0.15) is 128 Å². The van der Waals surface area contributed by atoms with Gasteiger partial charge in [-0.2, -0.15) is 0 Å². The minimum absolute atomic E-state index is 0.107. The zero-order valence-corrected chi connectivity index (χ0v) is 47.2. The van der Waals surface area contributed by atoms with Gasteiger partial charge in [0.05, 0.1) is 45.6 Å². The summed E-state index contributed by atoms with van der Waals surface area (Å²) in [7, 11) is 0. The molecule has 4 aromatic rings. The van der Waals surface area contributed by atoms with Gasteiger partial charge < -0.3 is 0 Å². The van der Waals surface area contributed by atoms with Gasteiger partial charge in [0.1, 0.15) is 0 Å². The number of nitrogens with zero attached hydrogens (tertiary/aromatic N) is 4. The number of hydrogen-bond donors (Lipinski definition) is 0. The maximum atomic E-state index is 5.62. The molecule has 8 bridgehead atoms. The third kappa shape index (κ3) is 9.28. The Morgan fingerprint density at radius 3 is 0.794 bits per heavy atom. The van der Waals surface area contributed by atoms with Crippen molar-refractivity contribution >= 4 is 109 Å². The van der Waals surface area contributed by atoms with Crippen molar-refractivity contribution in [3.8, 4) is 0 Å². The van der Waals surface area contributed by atoms with Gasteiger partial charge in [-0.25, -0.2) is 20.0 Å². The molecule has 0 saturated heterocycles. The summed E-state index contributed by atoms with van der Waals surface area (Å²) in [5.41, 5.74) is 18.9. The first kappa shape index (κ1) is 48.4. The molecule has 68 heavy (non-hydrogen) atoms. The summed E-state index contributed by atoms with van der Waals surface area (Å²) in [6, 6.07) is 26.5. The number of halogens is 4. The smallest absolute Gasteiger partial charge is 0.0738 e. The van der Waals surface area contributed by atoms with Crippen LogP contribution in [0, 0.1) is 0 Å². The van der Waals surface area contributed by atoms with E-state index < -0.39 is 0 Å². The molecular weight excluding hydrogens is 1100 g/mol. The van der Waals surface area contributed by atoms with Crippen molar-refractivity contribution in [3.05, 3.63) is 207 Å². The molecule has 4 aromatic carbocycles. The summed E-state index contributed by atoms with van der Waals surface area (Å²) in [5, 5.41) is 0. The van der Waals surface area contributed by atoms with Gasteiger partial charge in [0.2, 0.25) is 0 Å². The molecule has 5 aliphatic rings. The largest absolute Gasteiger partial charge is 0.248 e. The van der Waals surface area contributed by atoms with E-state index in [9.17, 15) is 0 Å². The molecule has 9 rings (SSSR count). The predicted molar refractivity (Wildman–Crippen MR) is 305 cm³/mol. The van der Waals surface area contributed by atoms with Crippen molar-refractivity contribution in [1.82, 2.24) is 0 Å². The molecule has 4 nitrogen and oxygen atoms in total. The van der Waals surface area contributed by atoms with Crippen molar-refractivity contribution in [2.45, 2.75) is 105 Å². The fourth-order valence-electron chi connectivity index (χ4n) is 8.94.